The molecule has 0 aliphatic rings. The molecule has 23 heavy (non-hydrogen) atoms. The minimum absolute atomic E-state index is 0.264. The lowest BCUT2D eigenvalue weighted by Crippen LogP contribution is -2.17. The molecule has 0 unspecified atom stereocenters. The number of imidazole rings is 1. The Morgan fingerprint density at radius 1 is 1.52 bits per heavy atom. The Kier molecular flexibility index (Phi) is 3.97. The van der Waals surface area contributed by atoms with Crippen LogP contribution in [0.2, 0.25) is 0 Å². The normalized spacial score (nSPS) is 11.7. The smallest absolute Gasteiger partial charge is 0.401 e. The van der Waals surface area contributed by atoms with Gasteiger partial charge in [0.15, 0.2) is 4.96 Å². The summed E-state index contributed by atoms with van der Waals surface area (Å²) in [5.41, 5.74) is 2.59. The second-order valence-electron chi connectivity index (χ2n) is 4.23. The summed E-state index contributed by atoms with van der Waals surface area (Å²) in [5.74, 6) is -0.461. The number of fused-ring (bicyclic) bond motifs is 1. The summed E-state index contributed by atoms with van der Waals surface area (Å²) in [4.78, 5) is 26.5. The minimum atomic E-state index is -0.624. The van der Waals surface area contributed by atoms with E-state index in [1.807, 2.05) is 5.38 Å². The predicted molar refractivity (Wildman–Crippen MR) is 83.4 cm³/mol. The molecule has 0 aliphatic carbocycles. The van der Waals surface area contributed by atoms with E-state index >= 15 is 0 Å². The molecule has 3 aromatic rings. The van der Waals surface area contributed by atoms with Crippen LogP contribution in [0.25, 0.3) is 11.0 Å². The Hall–Kier alpha value is -3.27. The van der Waals surface area contributed by atoms with Gasteiger partial charge in [-0.3, -0.25) is 19.3 Å². The van der Waals surface area contributed by atoms with Crippen LogP contribution in [0.5, 0.6) is 0 Å². The molecule has 0 fully saturated rings. The Balaban J connectivity index is 1.55. The van der Waals surface area contributed by atoms with Crippen molar-refractivity contribution in [3.05, 3.63) is 57.6 Å². The number of thiazole rings is 1. The van der Waals surface area contributed by atoms with E-state index in [1.165, 1.54) is 41.8 Å². The number of amides is 1. The van der Waals surface area contributed by atoms with E-state index in [-0.39, 0.29) is 11.6 Å². The predicted octanol–water partition coefficient (Wildman–Crippen LogP) is 2.33. The standard InChI is InChI=1S/C13H9N5O4S/c19-12(10-8-17-6-7-23-13(17)15-10)16-14-5-1-2-9-3-4-11(22-9)18(20)21/h1-8H,(H,16,19). The number of nitro groups is 1. The molecule has 0 aromatic carbocycles. The van der Waals surface area contributed by atoms with Crippen molar-refractivity contribution in [2.45, 2.75) is 0 Å². The number of hydrogen-bond donors (Lipinski definition) is 1. The van der Waals surface area contributed by atoms with Crippen molar-refractivity contribution in [1.29, 1.82) is 0 Å². The molecule has 1 amide bonds. The molecule has 0 atom stereocenters. The van der Waals surface area contributed by atoms with Gasteiger partial charge in [-0.1, -0.05) is 0 Å². The summed E-state index contributed by atoms with van der Waals surface area (Å²) >= 11 is 1.42. The molecule has 1 N–H and O–H groups in total. The number of hydrazone groups is 1. The molecule has 3 aromatic heterocycles. The van der Waals surface area contributed by atoms with Crippen molar-refractivity contribution in [3.8, 4) is 0 Å². The maximum atomic E-state index is 11.8. The van der Waals surface area contributed by atoms with Crippen LogP contribution in [0, 0.1) is 10.1 Å². The Labute approximate surface area is 132 Å². The number of furan rings is 1. The number of rotatable bonds is 5. The molecule has 9 nitrogen and oxygen atoms in total. The highest BCUT2D eigenvalue weighted by atomic mass is 32.1. The van der Waals surface area contributed by atoms with Gasteiger partial charge in [0.25, 0.3) is 5.91 Å². The van der Waals surface area contributed by atoms with Gasteiger partial charge in [0.1, 0.15) is 16.4 Å². The first-order chi connectivity index (χ1) is 11.1. The maximum Gasteiger partial charge on any atom is 0.433 e. The fourth-order valence-corrected chi connectivity index (χ4v) is 2.40. The topological polar surface area (TPSA) is 115 Å². The third-order valence-electron chi connectivity index (χ3n) is 2.71. The van der Waals surface area contributed by atoms with Gasteiger partial charge in [0.2, 0.25) is 0 Å². The Bertz CT molecular complexity index is 891. The lowest BCUT2D eigenvalue weighted by atomic mass is 10.4. The monoisotopic (exact) mass is 331 g/mol. The van der Waals surface area contributed by atoms with Gasteiger partial charge < -0.3 is 4.42 Å². The fraction of sp³-hybridized carbons (Fsp3) is 0. The number of nitrogens with one attached hydrogen (secondary N) is 1. The maximum absolute atomic E-state index is 11.8. The molecular weight excluding hydrogens is 322 g/mol. The second kappa shape index (κ2) is 6.23. The number of allylic oxidation sites excluding steroid dienone is 1. The number of carbonyl (C=O) groups is 1. The molecule has 3 rings (SSSR count). The number of nitrogens with zero attached hydrogens (tertiary/aromatic N) is 4. The molecule has 0 bridgehead atoms. The number of carbonyl (C=O) groups excluding carboxylic acids is 1. The zero-order valence-electron chi connectivity index (χ0n) is 11.4. The van der Waals surface area contributed by atoms with Gasteiger partial charge in [0, 0.05) is 24.0 Å². The first kappa shape index (κ1) is 14.7. The summed E-state index contributed by atoms with van der Waals surface area (Å²) in [7, 11) is 0. The Morgan fingerprint density at radius 3 is 3.13 bits per heavy atom. The van der Waals surface area contributed by atoms with Gasteiger partial charge >= 0.3 is 5.88 Å². The van der Waals surface area contributed by atoms with Crippen LogP contribution in [-0.4, -0.2) is 26.4 Å². The molecule has 0 aliphatic heterocycles. The third-order valence-corrected chi connectivity index (χ3v) is 3.48. The first-order valence-corrected chi connectivity index (χ1v) is 7.18. The molecule has 116 valence electrons. The van der Waals surface area contributed by atoms with Crippen LogP contribution in [0.4, 0.5) is 5.88 Å². The summed E-state index contributed by atoms with van der Waals surface area (Å²) in [6.07, 6.45) is 7.70. The average molecular weight is 331 g/mol. The van der Waals surface area contributed by atoms with E-state index in [0.29, 0.717) is 5.76 Å². The van der Waals surface area contributed by atoms with E-state index in [9.17, 15) is 14.9 Å². The van der Waals surface area contributed by atoms with Crippen LogP contribution in [0.3, 0.4) is 0 Å². The number of hydrogen-bond acceptors (Lipinski definition) is 7. The minimum Gasteiger partial charge on any atom is -0.401 e. The van der Waals surface area contributed by atoms with Crippen molar-refractivity contribution in [2.24, 2.45) is 5.10 Å². The fourth-order valence-electron chi connectivity index (χ4n) is 1.70. The molecular formula is C13H9N5O4S. The van der Waals surface area contributed by atoms with Gasteiger partial charge in [-0.2, -0.15) is 5.10 Å². The van der Waals surface area contributed by atoms with E-state index in [1.54, 1.807) is 16.8 Å². The van der Waals surface area contributed by atoms with Crippen LogP contribution in [0.15, 0.2) is 45.5 Å². The second-order valence-corrected chi connectivity index (χ2v) is 5.10. The molecule has 0 radical (unpaired) electrons. The van der Waals surface area contributed by atoms with E-state index in [4.69, 9.17) is 4.42 Å². The van der Waals surface area contributed by atoms with Crippen molar-refractivity contribution < 1.29 is 14.1 Å². The summed E-state index contributed by atoms with van der Waals surface area (Å²) < 4.78 is 6.66. The van der Waals surface area contributed by atoms with Crippen molar-refractivity contribution in [1.82, 2.24) is 14.8 Å². The molecule has 0 saturated carbocycles. The van der Waals surface area contributed by atoms with Gasteiger partial charge in [-0.15, -0.1) is 11.3 Å². The van der Waals surface area contributed by atoms with Gasteiger partial charge in [0.05, 0.1) is 6.07 Å². The van der Waals surface area contributed by atoms with Crippen molar-refractivity contribution in [2.75, 3.05) is 0 Å². The lowest BCUT2D eigenvalue weighted by molar-refractivity contribution is -0.402. The molecule has 0 spiro atoms. The van der Waals surface area contributed by atoms with Gasteiger partial charge in [-0.05, 0) is 18.2 Å². The van der Waals surface area contributed by atoms with Crippen molar-refractivity contribution in [3.63, 3.8) is 0 Å². The summed E-state index contributed by atoms with van der Waals surface area (Å²) in [6.45, 7) is 0. The highest BCUT2D eigenvalue weighted by molar-refractivity contribution is 7.15. The Morgan fingerprint density at radius 2 is 2.39 bits per heavy atom. The summed E-state index contributed by atoms with van der Waals surface area (Å²) in [5, 5.41) is 16.0. The lowest BCUT2D eigenvalue weighted by Gasteiger charge is -1.92. The van der Waals surface area contributed by atoms with Gasteiger partial charge in [-0.25, -0.2) is 10.4 Å². The quantitative estimate of drug-likeness (QED) is 0.437. The molecule has 3 heterocycles. The largest absolute Gasteiger partial charge is 0.433 e. The molecule has 10 heteroatoms. The highest BCUT2D eigenvalue weighted by Gasteiger charge is 2.10. The van der Waals surface area contributed by atoms with Crippen LogP contribution in [0.1, 0.15) is 16.2 Å². The van der Waals surface area contributed by atoms with E-state index in [2.05, 4.69) is 15.5 Å². The summed E-state index contributed by atoms with van der Waals surface area (Å²) in [6, 6.07) is 2.71. The van der Waals surface area contributed by atoms with Crippen LogP contribution < -0.4 is 5.43 Å². The number of aromatic nitrogens is 2. The molecule has 0 saturated heterocycles. The zero-order chi connectivity index (χ0) is 16.2. The highest BCUT2D eigenvalue weighted by Crippen LogP contribution is 2.16. The zero-order valence-corrected chi connectivity index (χ0v) is 12.3. The van der Waals surface area contributed by atoms with E-state index in [0.717, 1.165) is 4.96 Å². The third kappa shape index (κ3) is 3.32. The van der Waals surface area contributed by atoms with Crippen LogP contribution >= 0.6 is 11.3 Å². The average Bonchev–Trinajstić information content (AvgIpc) is 3.21. The SMILES string of the molecule is O=C(NN=CC=Cc1ccc([N+](=O)[O-])o1)c1cn2ccsc2n1. The van der Waals surface area contributed by atoms with E-state index < -0.39 is 10.8 Å². The van der Waals surface area contributed by atoms with Crippen molar-refractivity contribution >= 4 is 40.4 Å². The first-order valence-electron chi connectivity index (χ1n) is 6.30. The van der Waals surface area contributed by atoms with Crippen LogP contribution in [-0.2, 0) is 0 Å².